The smallest absolute Gasteiger partial charge is 0.261 e. The van der Waals surface area contributed by atoms with Crippen LogP contribution < -0.4 is 4.72 Å². The molecule has 1 aromatic heterocycles. The van der Waals surface area contributed by atoms with E-state index in [1.807, 2.05) is 6.92 Å². The molecule has 0 atom stereocenters. The number of aromatic nitrogens is 2. The summed E-state index contributed by atoms with van der Waals surface area (Å²) in [5.74, 6) is -0.319. The lowest BCUT2D eigenvalue weighted by Crippen LogP contribution is -2.12. The van der Waals surface area contributed by atoms with Gasteiger partial charge in [-0.15, -0.1) is 0 Å². The predicted molar refractivity (Wildman–Crippen MR) is 89.7 cm³/mol. The summed E-state index contributed by atoms with van der Waals surface area (Å²) in [6.07, 6.45) is 2.99. The maximum Gasteiger partial charge on any atom is 0.261 e. The Labute approximate surface area is 139 Å². The molecule has 3 rings (SSSR count). The normalized spacial score (nSPS) is 11.4. The summed E-state index contributed by atoms with van der Waals surface area (Å²) in [5, 5.41) is 4.10. The Balaban J connectivity index is 1.75. The molecule has 0 saturated carbocycles. The van der Waals surface area contributed by atoms with Crippen molar-refractivity contribution in [3.05, 3.63) is 77.9 Å². The molecule has 0 radical (unpaired) electrons. The van der Waals surface area contributed by atoms with Crippen LogP contribution in [0.4, 0.5) is 10.1 Å². The summed E-state index contributed by atoms with van der Waals surface area (Å²) >= 11 is 0. The van der Waals surface area contributed by atoms with Crippen molar-refractivity contribution in [3.8, 4) is 0 Å². The monoisotopic (exact) mass is 345 g/mol. The van der Waals surface area contributed by atoms with Gasteiger partial charge in [-0.05, 0) is 36.8 Å². The highest BCUT2D eigenvalue weighted by molar-refractivity contribution is 7.92. The molecular formula is C17H16FN3O2S. The molecule has 24 heavy (non-hydrogen) atoms. The fraction of sp³-hybridized carbons (Fsp3) is 0.118. The Morgan fingerprint density at radius 2 is 1.92 bits per heavy atom. The molecule has 5 nitrogen and oxygen atoms in total. The van der Waals surface area contributed by atoms with Crippen LogP contribution in [0.5, 0.6) is 0 Å². The maximum absolute atomic E-state index is 13.2. The van der Waals surface area contributed by atoms with Crippen molar-refractivity contribution in [2.75, 3.05) is 4.72 Å². The molecule has 0 aliphatic heterocycles. The van der Waals surface area contributed by atoms with E-state index in [2.05, 4.69) is 9.82 Å². The summed E-state index contributed by atoms with van der Waals surface area (Å²) in [7, 11) is -3.66. The van der Waals surface area contributed by atoms with Gasteiger partial charge in [0.2, 0.25) is 0 Å². The molecule has 3 aromatic rings. The lowest BCUT2D eigenvalue weighted by atomic mass is 10.2. The van der Waals surface area contributed by atoms with Crippen molar-refractivity contribution in [1.82, 2.24) is 9.78 Å². The summed E-state index contributed by atoms with van der Waals surface area (Å²) < 4.78 is 41.9. The van der Waals surface area contributed by atoms with E-state index in [1.54, 1.807) is 47.3 Å². The average molecular weight is 345 g/mol. The van der Waals surface area contributed by atoms with Gasteiger partial charge in [-0.1, -0.05) is 29.8 Å². The first kappa shape index (κ1) is 16.2. The predicted octanol–water partition coefficient (Wildman–Crippen LogP) is 3.18. The number of nitrogens with one attached hydrogen (secondary N) is 1. The third-order valence-electron chi connectivity index (χ3n) is 3.45. The van der Waals surface area contributed by atoms with Crippen LogP contribution in [0.25, 0.3) is 0 Å². The maximum atomic E-state index is 13.2. The van der Waals surface area contributed by atoms with Gasteiger partial charge in [0.1, 0.15) is 5.82 Å². The minimum atomic E-state index is -3.66. The first-order valence-electron chi connectivity index (χ1n) is 7.29. The SMILES string of the molecule is Cc1ccc(S(=O)(=O)Nc2cnn(Cc3cccc(F)c3)c2)cc1. The quantitative estimate of drug-likeness (QED) is 0.772. The molecule has 7 heteroatoms. The molecule has 2 aromatic carbocycles. The van der Waals surface area contributed by atoms with Gasteiger partial charge in [-0.3, -0.25) is 9.40 Å². The number of rotatable bonds is 5. The van der Waals surface area contributed by atoms with E-state index in [-0.39, 0.29) is 10.7 Å². The fourth-order valence-corrected chi connectivity index (χ4v) is 3.28. The highest BCUT2D eigenvalue weighted by Gasteiger charge is 2.14. The zero-order valence-corrected chi connectivity index (χ0v) is 13.8. The van der Waals surface area contributed by atoms with Crippen LogP contribution in [0.15, 0.2) is 65.8 Å². The van der Waals surface area contributed by atoms with E-state index >= 15 is 0 Å². The number of hydrogen-bond donors (Lipinski definition) is 1. The molecule has 0 saturated heterocycles. The summed E-state index contributed by atoms with van der Waals surface area (Å²) in [6.45, 7) is 2.24. The number of nitrogens with zero attached hydrogens (tertiary/aromatic N) is 2. The van der Waals surface area contributed by atoms with Gasteiger partial charge in [0.15, 0.2) is 0 Å². The van der Waals surface area contributed by atoms with E-state index in [0.29, 0.717) is 12.2 Å². The van der Waals surface area contributed by atoms with Gasteiger partial charge >= 0.3 is 0 Å². The summed E-state index contributed by atoms with van der Waals surface area (Å²) in [4.78, 5) is 0.186. The van der Waals surface area contributed by atoms with E-state index in [9.17, 15) is 12.8 Å². The van der Waals surface area contributed by atoms with Crippen LogP contribution in [0.1, 0.15) is 11.1 Å². The van der Waals surface area contributed by atoms with Gasteiger partial charge in [0, 0.05) is 6.20 Å². The van der Waals surface area contributed by atoms with E-state index in [0.717, 1.165) is 11.1 Å². The van der Waals surface area contributed by atoms with Crippen LogP contribution in [0.2, 0.25) is 0 Å². The number of hydrogen-bond acceptors (Lipinski definition) is 3. The highest BCUT2D eigenvalue weighted by atomic mass is 32.2. The van der Waals surface area contributed by atoms with Crippen molar-refractivity contribution in [1.29, 1.82) is 0 Å². The molecule has 0 aliphatic rings. The molecule has 1 N–H and O–H groups in total. The Hall–Kier alpha value is -2.67. The molecule has 0 fully saturated rings. The van der Waals surface area contributed by atoms with Gasteiger partial charge < -0.3 is 0 Å². The van der Waals surface area contributed by atoms with E-state index < -0.39 is 10.0 Å². The molecule has 0 bridgehead atoms. The second kappa shape index (κ2) is 6.45. The Morgan fingerprint density at radius 3 is 2.62 bits per heavy atom. The first-order chi connectivity index (χ1) is 11.4. The average Bonchev–Trinajstić information content (AvgIpc) is 2.94. The Bertz CT molecular complexity index is 950. The number of halogens is 1. The van der Waals surface area contributed by atoms with Gasteiger partial charge in [-0.2, -0.15) is 5.10 Å². The summed E-state index contributed by atoms with van der Waals surface area (Å²) in [6, 6.07) is 12.8. The molecule has 0 amide bonds. The standard InChI is InChI=1S/C17H16FN3O2S/c1-13-5-7-17(8-6-13)24(22,23)20-16-10-19-21(12-16)11-14-3-2-4-15(18)9-14/h2-10,12,20H,11H2,1H3. The fourth-order valence-electron chi connectivity index (χ4n) is 2.26. The zero-order chi connectivity index (χ0) is 17.2. The van der Waals surface area contributed by atoms with Crippen LogP contribution >= 0.6 is 0 Å². The molecular weight excluding hydrogens is 329 g/mol. The Morgan fingerprint density at radius 1 is 1.17 bits per heavy atom. The van der Waals surface area contributed by atoms with Crippen molar-refractivity contribution in [3.63, 3.8) is 0 Å². The second-order valence-electron chi connectivity index (χ2n) is 5.48. The third-order valence-corrected chi connectivity index (χ3v) is 4.85. The number of aryl methyl sites for hydroxylation is 1. The number of sulfonamides is 1. The minimum absolute atomic E-state index is 0.186. The molecule has 0 aliphatic carbocycles. The van der Waals surface area contributed by atoms with Crippen LogP contribution in [-0.2, 0) is 16.6 Å². The largest absolute Gasteiger partial charge is 0.276 e. The van der Waals surface area contributed by atoms with Gasteiger partial charge in [0.25, 0.3) is 10.0 Å². The Kier molecular flexibility index (Phi) is 4.35. The topological polar surface area (TPSA) is 64.0 Å². The lowest BCUT2D eigenvalue weighted by molar-refractivity contribution is 0.601. The van der Waals surface area contributed by atoms with E-state index in [1.165, 1.54) is 18.3 Å². The van der Waals surface area contributed by atoms with Crippen molar-refractivity contribution in [2.24, 2.45) is 0 Å². The van der Waals surface area contributed by atoms with Gasteiger partial charge in [-0.25, -0.2) is 12.8 Å². The lowest BCUT2D eigenvalue weighted by Gasteiger charge is -2.06. The van der Waals surface area contributed by atoms with Crippen molar-refractivity contribution in [2.45, 2.75) is 18.4 Å². The zero-order valence-electron chi connectivity index (χ0n) is 13.0. The van der Waals surface area contributed by atoms with Crippen LogP contribution in [0.3, 0.4) is 0 Å². The van der Waals surface area contributed by atoms with E-state index in [4.69, 9.17) is 0 Å². The molecule has 0 unspecified atom stereocenters. The number of anilines is 1. The third kappa shape index (κ3) is 3.80. The minimum Gasteiger partial charge on any atom is -0.276 e. The molecule has 0 spiro atoms. The van der Waals surface area contributed by atoms with Crippen molar-refractivity contribution < 1.29 is 12.8 Å². The van der Waals surface area contributed by atoms with Crippen LogP contribution in [0, 0.1) is 12.7 Å². The van der Waals surface area contributed by atoms with Gasteiger partial charge in [0.05, 0.1) is 23.3 Å². The highest BCUT2D eigenvalue weighted by Crippen LogP contribution is 2.16. The van der Waals surface area contributed by atoms with Crippen LogP contribution in [-0.4, -0.2) is 18.2 Å². The molecule has 124 valence electrons. The summed E-state index contributed by atoms with van der Waals surface area (Å²) in [5.41, 5.74) is 2.08. The molecule has 1 heterocycles. The first-order valence-corrected chi connectivity index (χ1v) is 8.77. The van der Waals surface area contributed by atoms with Crippen molar-refractivity contribution >= 4 is 15.7 Å². The number of benzene rings is 2. The second-order valence-corrected chi connectivity index (χ2v) is 7.16.